The molecule has 1 aromatic carbocycles. The molecule has 0 saturated heterocycles. The van der Waals surface area contributed by atoms with Crippen LogP contribution in [-0.4, -0.2) is 10.7 Å². The molecular weight excluding hydrogens is 172 g/mol. The quantitative estimate of drug-likeness (QED) is 0.694. The SMILES string of the molecule is CC(=Nc1ccccc1)c1ccc[nH]1. The van der Waals surface area contributed by atoms with Crippen LogP contribution in [0.25, 0.3) is 0 Å². The predicted octanol–water partition coefficient (Wildman–Crippen LogP) is 3.16. The van der Waals surface area contributed by atoms with E-state index in [-0.39, 0.29) is 0 Å². The van der Waals surface area contributed by atoms with E-state index >= 15 is 0 Å². The third-order valence-electron chi connectivity index (χ3n) is 2.04. The molecule has 0 amide bonds. The highest BCUT2D eigenvalue weighted by molar-refractivity contribution is 5.98. The van der Waals surface area contributed by atoms with E-state index in [0.29, 0.717) is 0 Å². The van der Waals surface area contributed by atoms with Gasteiger partial charge in [-0.2, -0.15) is 0 Å². The lowest BCUT2D eigenvalue weighted by Gasteiger charge is -1.97. The van der Waals surface area contributed by atoms with Gasteiger partial charge in [0.25, 0.3) is 0 Å². The summed E-state index contributed by atoms with van der Waals surface area (Å²) in [5.41, 5.74) is 3.05. The highest BCUT2D eigenvalue weighted by Gasteiger charge is 1.96. The molecule has 0 radical (unpaired) electrons. The summed E-state index contributed by atoms with van der Waals surface area (Å²) in [5, 5.41) is 0. The third-order valence-corrected chi connectivity index (χ3v) is 2.04. The molecule has 2 heteroatoms. The number of nitrogens with one attached hydrogen (secondary N) is 1. The van der Waals surface area contributed by atoms with E-state index in [0.717, 1.165) is 17.1 Å². The molecule has 0 spiro atoms. The fourth-order valence-electron chi connectivity index (χ4n) is 1.31. The molecular formula is C12H12N2. The molecule has 0 saturated carbocycles. The first kappa shape index (κ1) is 8.75. The average Bonchev–Trinajstić information content (AvgIpc) is 2.72. The van der Waals surface area contributed by atoms with Gasteiger partial charge in [-0.1, -0.05) is 18.2 Å². The zero-order valence-electron chi connectivity index (χ0n) is 8.07. The van der Waals surface area contributed by atoms with Crippen LogP contribution in [0.3, 0.4) is 0 Å². The van der Waals surface area contributed by atoms with Gasteiger partial charge < -0.3 is 4.98 Å². The molecule has 1 aromatic heterocycles. The zero-order chi connectivity index (χ0) is 9.80. The average molecular weight is 184 g/mol. The number of aromatic nitrogens is 1. The summed E-state index contributed by atoms with van der Waals surface area (Å²) >= 11 is 0. The number of nitrogens with zero attached hydrogens (tertiary/aromatic N) is 1. The van der Waals surface area contributed by atoms with E-state index in [1.165, 1.54) is 0 Å². The second-order valence-corrected chi connectivity index (χ2v) is 3.12. The fourth-order valence-corrected chi connectivity index (χ4v) is 1.31. The van der Waals surface area contributed by atoms with Crippen LogP contribution in [0.1, 0.15) is 12.6 Å². The molecule has 2 aromatic rings. The number of aliphatic imine (C=N–C) groups is 1. The van der Waals surface area contributed by atoms with Crippen molar-refractivity contribution in [3.63, 3.8) is 0 Å². The molecule has 0 fully saturated rings. The summed E-state index contributed by atoms with van der Waals surface area (Å²) in [7, 11) is 0. The minimum absolute atomic E-state index is 0.986. The molecule has 0 aliphatic rings. The van der Waals surface area contributed by atoms with Gasteiger partial charge >= 0.3 is 0 Å². The summed E-state index contributed by atoms with van der Waals surface area (Å²) in [6, 6.07) is 13.9. The first-order valence-electron chi connectivity index (χ1n) is 4.60. The third kappa shape index (κ3) is 1.91. The molecule has 14 heavy (non-hydrogen) atoms. The van der Waals surface area contributed by atoms with Gasteiger partial charge in [-0.25, -0.2) is 0 Å². The lowest BCUT2D eigenvalue weighted by atomic mass is 10.3. The summed E-state index contributed by atoms with van der Waals surface area (Å²) < 4.78 is 0. The van der Waals surface area contributed by atoms with E-state index in [1.807, 2.05) is 55.6 Å². The first-order chi connectivity index (χ1) is 6.86. The number of H-pyrrole nitrogens is 1. The van der Waals surface area contributed by atoms with Crippen molar-refractivity contribution in [2.24, 2.45) is 4.99 Å². The van der Waals surface area contributed by atoms with Gasteiger partial charge in [0.2, 0.25) is 0 Å². The van der Waals surface area contributed by atoms with E-state index in [4.69, 9.17) is 0 Å². The van der Waals surface area contributed by atoms with Crippen LogP contribution >= 0.6 is 0 Å². The largest absolute Gasteiger partial charge is 0.360 e. The maximum absolute atomic E-state index is 4.49. The molecule has 0 aliphatic heterocycles. The summed E-state index contributed by atoms with van der Waals surface area (Å²) in [4.78, 5) is 7.61. The van der Waals surface area contributed by atoms with Crippen molar-refractivity contribution in [2.45, 2.75) is 6.92 Å². The Balaban J connectivity index is 2.28. The number of hydrogen-bond donors (Lipinski definition) is 1. The van der Waals surface area contributed by atoms with Crippen molar-refractivity contribution < 1.29 is 0 Å². The molecule has 0 atom stereocenters. The number of benzene rings is 1. The summed E-state index contributed by atoms with van der Waals surface area (Å²) in [6.07, 6.45) is 1.90. The van der Waals surface area contributed by atoms with E-state index in [2.05, 4.69) is 9.98 Å². The number of hydrogen-bond acceptors (Lipinski definition) is 1. The van der Waals surface area contributed by atoms with Crippen molar-refractivity contribution in [3.8, 4) is 0 Å². The Morgan fingerprint density at radius 2 is 1.86 bits per heavy atom. The Bertz CT molecular complexity index is 413. The maximum Gasteiger partial charge on any atom is 0.0633 e. The van der Waals surface area contributed by atoms with Crippen LogP contribution in [0.4, 0.5) is 5.69 Å². The zero-order valence-corrected chi connectivity index (χ0v) is 8.07. The minimum Gasteiger partial charge on any atom is -0.360 e. The van der Waals surface area contributed by atoms with Gasteiger partial charge in [-0.3, -0.25) is 4.99 Å². The number of aromatic amines is 1. The standard InChI is InChI=1S/C12H12N2/c1-10(12-8-5-9-13-12)14-11-6-3-2-4-7-11/h2-9,13H,1H3. The van der Waals surface area contributed by atoms with Gasteiger partial charge in [-0.05, 0) is 31.2 Å². The molecule has 0 bridgehead atoms. The molecule has 0 aliphatic carbocycles. The minimum atomic E-state index is 0.986. The van der Waals surface area contributed by atoms with Gasteiger partial charge in [0.15, 0.2) is 0 Å². The fraction of sp³-hybridized carbons (Fsp3) is 0.0833. The van der Waals surface area contributed by atoms with Crippen LogP contribution in [0.5, 0.6) is 0 Å². The maximum atomic E-state index is 4.49. The van der Waals surface area contributed by atoms with Gasteiger partial charge in [0.05, 0.1) is 17.1 Å². The molecule has 0 unspecified atom stereocenters. The predicted molar refractivity (Wildman–Crippen MR) is 59.1 cm³/mol. The Kier molecular flexibility index (Phi) is 2.45. The van der Waals surface area contributed by atoms with Crippen LogP contribution in [-0.2, 0) is 0 Å². The van der Waals surface area contributed by atoms with Crippen molar-refractivity contribution in [1.82, 2.24) is 4.98 Å². The molecule has 70 valence electrons. The number of rotatable bonds is 2. The summed E-state index contributed by atoms with van der Waals surface area (Å²) in [6.45, 7) is 2.00. The molecule has 1 N–H and O–H groups in total. The van der Waals surface area contributed by atoms with Crippen LogP contribution in [0.15, 0.2) is 53.7 Å². The van der Waals surface area contributed by atoms with Crippen LogP contribution in [0.2, 0.25) is 0 Å². The van der Waals surface area contributed by atoms with Crippen LogP contribution in [0, 0.1) is 0 Å². The number of para-hydroxylation sites is 1. The monoisotopic (exact) mass is 184 g/mol. The lowest BCUT2D eigenvalue weighted by Crippen LogP contribution is -1.92. The summed E-state index contributed by atoms with van der Waals surface area (Å²) in [5.74, 6) is 0. The molecule has 2 nitrogen and oxygen atoms in total. The Labute approximate surface area is 83.3 Å². The topological polar surface area (TPSA) is 28.1 Å². The van der Waals surface area contributed by atoms with Gasteiger partial charge in [0, 0.05) is 6.20 Å². The smallest absolute Gasteiger partial charge is 0.0633 e. The first-order valence-corrected chi connectivity index (χ1v) is 4.60. The Hall–Kier alpha value is -1.83. The van der Waals surface area contributed by atoms with Crippen molar-refractivity contribution in [3.05, 3.63) is 54.4 Å². The van der Waals surface area contributed by atoms with Crippen molar-refractivity contribution in [1.29, 1.82) is 0 Å². The van der Waals surface area contributed by atoms with Gasteiger partial charge in [-0.15, -0.1) is 0 Å². The van der Waals surface area contributed by atoms with Crippen molar-refractivity contribution in [2.75, 3.05) is 0 Å². The molecule has 2 rings (SSSR count). The van der Waals surface area contributed by atoms with E-state index < -0.39 is 0 Å². The van der Waals surface area contributed by atoms with E-state index in [1.54, 1.807) is 0 Å². The van der Waals surface area contributed by atoms with Gasteiger partial charge in [0.1, 0.15) is 0 Å². The highest BCUT2D eigenvalue weighted by Crippen LogP contribution is 2.11. The van der Waals surface area contributed by atoms with Crippen LogP contribution < -0.4 is 0 Å². The normalized spacial score (nSPS) is 11.6. The lowest BCUT2D eigenvalue weighted by molar-refractivity contribution is 1.34. The van der Waals surface area contributed by atoms with Crippen molar-refractivity contribution >= 4 is 11.4 Å². The van der Waals surface area contributed by atoms with E-state index in [9.17, 15) is 0 Å². The Morgan fingerprint density at radius 1 is 1.07 bits per heavy atom. The second-order valence-electron chi connectivity index (χ2n) is 3.12. The Morgan fingerprint density at radius 3 is 2.50 bits per heavy atom. The highest BCUT2D eigenvalue weighted by atomic mass is 14.8. The molecule has 1 heterocycles. The second kappa shape index (κ2) is 3.92.